The molecule has 0 atom stereocenters. The van der Waals surface area contributed by atoms with Gasteiger partial charge in [-0.2, -0.15) is 11.8 Å². The highest BCUT2D eigenvalue weighted by Crippen LogP contribution is 2.22. The third kappa shape index (κ3) is 4.46. The third-order valence-corrected chi connectivity index (χ3v) is 4.99. The predicted molar refractivity (Wildman–Crippen MR) is 95.9 cm³/mol. The quantitative estimate of drug-likeness (QED) is 0.747. The fourth-order valence-corrected chi connectivity index (χ4v) is 3.63. The number of nitrogens with zero attached hydrogens (tertiary/aromatic N) is 2. The summed E-state index contributed by atoms with van der Waals surface area (Å²) >= 11 is 1.99. The van der Waals surface area contributed by atoms with Crippen molar-refractivity contribution in [3.63, 3.8) is 0 Å². The third-order valence-electron chi connectivity index (χ3n) is 3.98. The van der Waals surface area contributed by atoms with Crippen molar-refractivity contribution in [1.82, 2.24) is 9.88 Å². The van der Waals surface area contributed by atoms with Crippen LogP contribution in [-0.2, 0) is 5.75 Å². The lowest BCUT2D eigenvalue weighted by Crippen LogP contribution is -2.30. The Kier molecular flexibility index (Phi) is 5.68. The molecule has 114 valence electrons. The minimum Gasteiger partial charge on any atom is -0.299 e. The first-order valence-electron chi connectivity index (χ1n) is 7.85. The summed E-state index contributed by atoms with van der Waals surface area (Å²) in [5, 5.41) is 0. The number of hydrogen-bond acceptors (Lipinski definition) is 3. The van der Waals surface area contributed by atoms with Crippen molar-refractivity contribution in [2.24, 2.45) is 0 Å². The normalized spacial score (nSPS) is 15.5. The molecule has 3 rings (SSSR count). The maximum Gasteiger partial charge on any atom is 0.0308 e. The van der Waals surface area contributed by atoms with Crippen molar-refractivity contribution < 1.29 is 0 Å². The van der Waals surface area contributed by atoms with Gasteiger partial charge in [-0.05, 0) is 29.2 Å². The van der Waals surface area contributed by atoms with Gasteiger partial charge in [-0.3, -0.25) is 9.88 Å². The summed E-state index contributed by atoms with van der Waals surface area (Å²) in [7, 11) is 0. The zero-order valence-corrected chi connectivity index (χ0v) is 13.6. The van der Waals surface area contributed by atoms with E-state index in [2.05, 4.69) is 52.4 Å². The van der Waals surface area contributed by atoms with E-state index in [9.17, 15) is 0 Å². The van der Waals surface area contributed by atoms with Crippen LogP contribution in [-0.4, -0.2) is 35.3 Å². The van der Waals surface area contributed by atoms with Crippen molar-refractivity contribution >= 4 is 17.3 Å². The van der Waals surface area contributed by atoms with Crippen molar-refractivity contribution in [2.75, 3.05) is 25.4 Å². The summed E-state index contributed by atoms with van der Waals surface area (Å²) in [4.78, 5) is 6.70. The molecule has 0 amide bonds. The monoisotopic (exact) mass is 310 g/mol. The molecule has 1 aromatic carbocycles. The number of aromatic nitrogens is 1. The fourth-order valence-electron chi connectivity index (χ4n) is 2.70. The number of thioether (sulfide) groups is 1. The van der Waals surface area contributed by atoms with Gasteiger partial charge in [-0.15, -0.1) is 0 Å². The van der Waals surface area contributed by atoms with Crippen LogP contribution in [0, 0.1) is 0 Å². The van der Waals surface area contributed by atoms with E-state index in [4.69, 9.17) is 0 Å². The summed E-state index contributed by atoms with van der Waals surface area (Å²) < 4.78 is 0. The van der Waals surface area contributed by atoms with E-state index in [0.717, 1.165) is 18.7 Å². The lowest BCUT2D eigenvalue weighted by molar-refractivity contribution is 0.321. The lowest BCUT2D eigenvalue weighted by atomic mass is 10.00. The van der Waals surface area contributed by atoms with Crippen LogP contribution in [0.1, 0.15) is 17.5 Å². The van der Waals surface area contributed by atoms with Gasteiger partial charge in [0.05, 0.1) is 0 Å². The SMILES string of the molecule is C1=C(c2ccccc2)CCN(CCSCc2cccnc2)C1. The molecule has 22 heavy (non-hydrogen) atoms. The van der Waals surface area contributed by atoms with Crippen LogP contribution in [0.3, 0.4) is 0 Å². The first kappa shape index (κ1) is 15.3. The summed E-state index contributed by atoms with van der Waals surface area (Å²) in [6, 6.07) is 14.9. The Morgan fingerprint density at radius 2 is 2.00 bits per heavy atom. The molecule has 0 N–H and O–H groups in total. The Bertz CT molecular complexity index is 595. The molecule has 0 bridgehead atoms. The Morgan fingerprint density at radius 1 is 1.09 bits per heavy atom. The van der Waals surface area contributed by atoms with Crippen LogP contribution in [0.25, 0.3) is 5.57 Å². The van der Waals surface area contributed by atoms with Gasteiger partial charge in [0, 0.05) is 43.5 Å². The topological polar surface area (TPSA) is 16.1 Å². The van der Waals surface area contributed by atoms with Gasteiger partial charge >= 0.3 is 0 Å². The highest BCUT2D eigenvalue weighted by molar-refractivity contribution is 7.98. The molecule has 0 fully saturated rings. The first-order chi connectivity index (χ1) is 10.9. The molecule has 2 nitrogen and oxygen atoms in total. The zero-order chi connectivity index (χ0) is 15.0. The molecule has 3 heteroatoms. The Morgan fingerprint density at radius 3 is 2.73 bits per heavy atom. The van der Waals surface area contributed by atoms with Gasteiger partial charge in [0.15, 0.2) is 0 Å². The minimum atomic E-state index is 1.06. The number of benzene rings is 1. The van der Waals surface area contributed by atoms with Gasteiger partial charge in [-0.1, -0.05) is 42.5 Å². The van der Waals surface area contributed by atoms with E-state index in [1.807, 2.05) is 30.2 Å². The molecule has 0 aliphatic carbocycles. The predicted octanol–water partition coefficient (Wildman–Crippen LogP) is 4.10. The van der Waals surface area contributed by atoms with Crippen LogP contribution in [0.5, 0.6) is 0 Å². The van der Waals surface area contributed by atoms with Gasteiger partial charge in [0.1, 0.15) is 0 Å². The van der Waals surface area contributed by atoms with Gasteiger partial charge in [0.2, 0.25) is 0 Å². The molecule has 1 aliphatic heterocycles. The summed E-state index contributed by atoms with van der Waals surface area (Å²) in [6.45, 7) is 3.43. The molecular formula is C19H22N2S. The molecular weight excluding hydrogens is 288 g/mol. The van der Waals surface area contributed by atoms with Gasteiger partial charge in [0.25, 0.3) is 0 Å². The second-order valence-electron chi connectivity index (χ2n) is 5.56. The fraction of sp³-hybridized carbons (Fsp3) is 0.316. The summed E-state index contributed by atoms with van der Waals surface area (Å²) in [5.41, 5.74) is 4.20. The Balaban J connectivity index is 1.40. The van der Waals surface area contributed by atoms with Gasteiger partial charge in [-0.25, -0.2) is 0 Å². The highest BCUT2D eigenvalue weighted by Gasteiger charge is 2.12. The van der Waals surface area contributed by atoms with E-state index in [0.29, 0.717) is 0 Å². The second-order valence-corrected chi connectivity index (χ2v) is 6.67. The van der Waals surface area contributed by atoms with E-state index in [-0.39, 0.29) is 0 Å². The van der Waals surface area contributed by atoms with Crippen molar-refractivity contribution in [3.05, 3.63) is 72.1 Å². The number of pyridine rings is 1. The van der Waals surface area contributed by atoms with E-state index >= 15 is 0 Å². The van der Waals surface area contributed by atoms with Crippen molar-refractivity contribution in [2.45, 2.75) is 12.2 Å². The summed E-state index contributed by atoms with van der Waals surface area (Å²) in [6.07, 6.45) is 7.35. The van der Waals surface area contributed by atoms with Gasteiger partial charge < -0.3 is 0 Å². The largest absolute Gasteiger partial charge is 0.299 e. The average Bonchev–Trinajstić information content (AvgIpc) is 2.61. The molecule has 0 unspecified atom stereocenters. The molecule has 0 spiro atoms. The molecule has 2 aromatic rings. The van der Waals surface area contributed by atoms with Crippen molar-refractivity contribution in [1.29, 1.82) is 0 Å². The van der Waals surface area contributed by atoms with E-state index in [1.165, 1.54) is 35.5 Å². The van der Waals surface area contributed by atoms with E-state index in [1.54, 1.807) is 0 Å². The standard InChI is InChI=1S/C19H22N2S/c1-2-6-18(7-3-1)19-8-11-21(12-9-19)13-14-22-16-17-5-4-10-20-15-17/h1-8,10,15H,9,11-14,16H2. The molecule has 0 saturated carbocycles. The Hall–Kier alpha value is -1.58. The summed E-state index contributed by atoms with van der Waals surface area (Å²) in [5.74, 6) is 2.25. The molecule has 2 heterocycles. The molecule has 1 aliphatic rings. The lowest BCUT2D eigenvalue weighted by Gasteiger charge is -2.26. The number of hydrogen-bond donors (Lipinski definition) is 0. The smallest absolute Gasteiger partial charge is 0.0308 e. The average molecular weight is 310 g/mol. The maximum atomic E-state index is 4.16. The van der Waals surface area contributed by atoms with Crippen LogP contribution < -0.4 is 0 Å². The molecule has 1 aromatic heterocycles. The van der Waals surface area contributed by atoms with E-state index < -0.39 is 0 Å². The highest BCUT2D eigenvalue weighted by atomic mass is 32.2. The van der Waals surface area contributed by atoms with Crippen LogP contribution in [0.15, 0.2) is 60.9 Å². The molecule has 0 radical (unpaired) electrons. The zero-order valence-electron chi connectivity index (χ0n) is 12.8. The maximum absolute atomic E-state index is 4.16. The van der Waals surface area contributed by atoms with Crippen LogP contribution >= 0.6 is 11.8 Å². The Labute approximate surface area is 137 Å². The van der Waals surface area contributed by atoms with Crippen molar-refractivity contribution in [3.8, 4) is 0 Å². The first-order valence-corrected chi connectivity index (χ1v) is 9.01. The minimum absolute atomic E-state index is 1.06. The van der Waals surface area contributed by atoms with Crippen LogP contribution in [0.2, 0.25) is 0 Å². The van der Waals surface area contributed by atoms with Crippen LogP contribution in [0.4, 0.5) is 0 Å². The molecule has 0 saturated heterocycles. The second kappa shape index (κ2) is 8.16. The number of rotatable bonds is 6.